The Bertz CT molecular complexity index is 621. The molecule has 24 heavy (non-hydrogen) atoms. The molecule has 1 aliphatic heterocycles. The van der Waals surface area contributed by atoms with Crippen molar-refractivity contribution < 1.29 is 19.1 Å². The minimum absolute atomic E-state index is 0.0724. The van der Waals surface area contributed by atoms with Gasteiger partial charge in [0.05, 0.1) is 11.3 Å². The highest BCUT2D eigenvalue weighted by Crippen LogP contribution is 2.58. The Hall–Kier alpha value is -1.32. The Morgan fingerprint density at radius 2 is 2.04 bits per heavy atom. The van der Waals surface area contributed by atoms with E-state index in [1.165, 1.54) is 0 Å². The Labute approximate surface area is 144 Å². The smallest absolute Gasteiger partial charge is 0.313 e. The average Bonchev–Trinajstić information content (AvgIpc) is 3.11. The average molecular weight is 332 g/mol. The normalized spacial score (nSPS) is 47.8. The van der Waals surface area contributed by atoms with Crippen molar-refractivity contribution in [3.05, 3.63) is 12.2 Å². The molecule has 3 aliphatic carbocycles. The first-order valence-electron chi connectivity index (χ1n) is 9.26. The summed E-state index contributed by atoms with van der Waals surface area (Å²) < 4.78 is 11.5. The lowest BCUT2D eigenvalue weighted by Gasteiger charge is -2.47. The van der Waals surface area contributed by atoms with Gasteiger partial charge in [0.1, 0.15) is 12.2 Å². The molecule has 0 aromatic rings. The number of hydrogen-bond acceptors (Lipinski definition) is 4. The molecule has 0 spiro atoms. The zero-order chi connectivity index (χ0) is 17.3. The molecule has 2 saturated carbocycles. The van der Waals surface area contributed by atoms with E-state index in [2.05, 4.69) is 26.0 Å². The van der Waals surface area contributed by atoms with Gasteiger partial charge < -0.3 is 9.47 Å². The minimum Gasteiger partial charge on any atom is -0.464 e. The summed E-state index contributed by atoms with van der Waals surface area (Å²) in [5.74, 6) is 0.379. The highest BCUT2D eigenvalue weighted by molar-refractivity contribution is 5.79. The van der Waals surface area contributed by atoms with Crippen LogP contribution in [0, 0.1) is 34.5 Å². The number of carbonyl (C=O) groups is 2. The summed E-state index contributed by atoms with van der Waals surface area (Å²) in [6.45, 7) is 8.56. The van der Waals surface area contributed by atoms with Crippen LogP contribution >= 0.6 is 0 Å². The van der Waals surface area contributed by atoms with E-state index in [1.807, 2.05) is 13.8 Å². The molecule has 0 radical (unpaired) electrons. The number of carbonyl (C=O) groups excluding carboxylic acids is 2. The van der Waals surface area contributed by atoms with Crippen LogP contribution in [-0.4, -0.2) is 24.1 Å². The maximum atomic E-state index is 12.7. The largest absolute Gasteiger partial charge is 0.464 e. The van der Waals surface area contributed by atoms with E-state index < -0.39 is 5.41 Å². The van der Waals surface area contributed by atoms with Gasteiger partial charge in [0.15, 0.2) is 0 Å². The Morgan fingerprint density at radius 3 is 2.67 bits per heavy atom. The van der Waals surface area contributed by atoms with E-state index in [0.29, 0.717) is 11.8 Å². The lowest BCUT2D eigenvalue weighted by molar-refractivity contribution is -0.198. The van der Waals surface area contributed by atoms with Crippen molar-refractivity contribution in [2.24, 2.45) is 34.5 Å². The maximum absolute atomic E-state index is 12.7. The summed E-state index contributed by atoms with van der Waals surface area (Å²) in [5.41, 5.74) is -0.870. The number of fused-ring (bicyclic) bond motifs is 4. The van der Waals surface area contributed by atoms with Gasteiger partial charge in [-0.2, -0.15) is 0 Å². The first-order chi connectivity index (χ1) is 11.2. The third-order valence-electron chi connectivity index (χ3n) is 7.87. The van der Waals surface area contributed by atoms with Crippen molar-refractivity contribution in [2.45, 2.75) is 59.0 Å². The van der Waals surface area contributed by atoms with E-state index in [9.17, 15) is 9.59 Å². The van der Waals surface area contributed by atoms with E-state index in [1.54, 1.807) is 0 Å². The summed E-state index contributed by atoms with van der Waals surface area (Å²) in [6, 6.07) is 0. The van der Waals surface area contributed by atoms with Gasteiger partial charge in [0.25, 0.3) is 0 Å². The number of allylic oxidation sites excluding steroid dienone is 2. The Balaban J connectivity index is 1.45. The van der Waals surface area contributed by atoms with E-state index in [-0.39, 0.29) is 41.4 Å². The molecule has 4 rings (SSSR count). The van der Waals surface area contributed by atoms with Crippen LogP contribution in [0.2, 0.25) is 0 Å². The van der Waals surface area contributed by atoms with E-state index in [0.717, 1.165) is 25.7 Å². The highest BCUT2D eigenvalue weighted by atomic mass is 16.6. The Morgan fingerprint density at radius 1 is 1.29 bits per heavy atom. The lowest BCUT2D eigenvalue weighted by atomic mass is 9.67. The lowest BCUT2D eigenvalue weighted by Crippen LogP contribution is -2.54. The topological polar surface area (TPSA) is 52.6 Å². The van der Waals surface area contributed by atoms with Crippen LogP contribution < -0.4 is 0 Å². The first kappa shape index (κ1) is 16.2. The predicted molar refractivity (Wildman–Crippen MR) is 88.9 cm³/mol. The summed E-state index contributed by atoms with van der Waals surface area (Å²) in [6.07, 6.45) is 8.17. The molecule has 0 amide bonds. The summed E-state index contributed by atoms with van der Waals surface area (Å²) in [5, 5.41) is 0. The molecule has 0 N–H and O–H groups in total. The third kappa shape index (κ3) is 1.98. The van der Waals surface area contributed by atoms with Crippen LogP contribution in [0.4, 0.5) is 0 Å². The molecule has 6 unspecified atom stereocenters. The second kappa shape index (κ2) is 4.86. The molecule has 132 valence electrons. The molecule has 0 aromatic carbocycles. The zero-order valence-corrected chi connectivity index (χ0v) is 15.1. The third-order valence-corrected chi connectivity index (χ3v) is 7.87. The van der Waals surface area contributed by atoms with Crippen molar-refractivity contribution in [1.82, 2.24) is 0 Å². The molecule has 1 heterocycles. The maximum Gasteiger partial charge on any atom is 0.313 e. The molecule has 0 aromatic heterocycles. The van der Waals surface area contributed by atoms with Gasteiger partial charge in [-0.3, -0.25) is 9.59 Å². The quantitative estimate of drug-likeness (QED) is 0.586. The fourth-order valence-electron chi connectivity index (χ4n) is 5.70. The van der Waals surface area contributed by atoms with Gasteiger partial charge in [0.2, 0.25) is 0 Å². The molecule has 1 saturated heterocycles. The SMILES string of the molecule is CC1(C(=O)OCC2C(=O)OC3(C)CCC2C3(C)C)CC2C=CC1C2. The summed E-state index contributed by atoms with van der Waals surface area (Å²) >= 11 is 0. The van der Waals surface area contributed by atoms with Gasteiger partial charge in [-0.05, 0) is 57.3 Å². The van der Waals surface area contributed by atoms with Gasteiger partial charge in [-0.1, -0.05) is 26.0 Å². The van der Waals surface area contributed by atoms with Crippen LogP contribution in [0.3, 0.4) is 0 Å². The van der Waals surface area contributed by atoms with E-state index in [4.69, 9.17) is 9.47 Å². The molecule has 3 fully saturated rings. The van der Waals surface area contributed by atoms with Gasteiger partial charge in [0, 0.05) is 5.41 Å². The van der Waals surface area contributed by atoms with Crippen LogP contribution in [0.5, 0.6) is 0 Å². The fraction of sp³-hybridized carbons (Fsp3) is 0.800. The van der Waals surface area contributed by atoms with Crippen LogP contribution in [-0.2, 0) is 19.1 Å². The summed E-state index contributed by atoms with van der Waals surface area (Å²) in [7, 11) is 0. The van der Waals surface area contributed by atoms with Crippen molar-refractivity contribution in [3.63, 3.8) is 0 Å². The van der Waals surface area contributed by atoms with Gasteiger partial charge >= 0.3 is 11.9 Å². The zero-order valence-electron chi connectivity index (χ0n) is 15.1. The number of ether oxygens (including phenoxy) is 2. The molecule has 6 atom stereocenters. The molecule has 4 bridgehead atoms. The van der Waals surface area contributed by atoms with Crippen molar-refractivity contribution in [3.8, 4) is 0 Å². The number of rotatable bonds is 3. The second-order valence-electron chi connectivity index (χ2n) is 9.33. The van der Waals surface area contributed by atoms with Crippen molar-refractivity contribution in [1.29, 1.82) is 0 Å². The van der Waals surface area contributed by atoms with Crippen LogP contribution in [0.15, 0.2) is 12.2 Å². The molecule has 4 heteroatoms. The first-order valence-corrected chi connectivity index (χ1v) is 9.26. The predicted octanol–water partition coefficient (Wildman–Crippen LogP) is 3.50. The van der Waals surface area contributed by atoms with Crippen molar-refractivity contribution in [2.75, 3.05) is 6.61 Å². The molecular formula is C20H28O4. The fourth-order valence-corrected chi connectivity index (χ4v) is 5.70. The van der Waals surface area contributed by atoms with Gasteiger partial charge in [-0.25, -0.2) is 0 Å². The van der Waals surface area contributed by atoms with Crippen LogP contribution in [0.1, 0.15) is 53.4 Å². The molecular weight excluding hydrogens is 304 g/mol. The van der Waals surface area contributed by atoms with Crippen LogP contribution in [0.25, 0.3) is 0 Å². The molecule has 4 nitrogen and oxygen atoms in total. The standard InChI is InChI=1S/C20H28O4/c1-18(2)15-7-8-20(18,4)24-16(21)14(15)11-23-17(22)19(3)10-12-5-6-13(19)9-12/h5-6,12-15H,7-11H2,1-4H3. The van der Waals surface area contributed by atoms with E-state index >= 15 is 0 Å². The van der Waals surface area contributed by atoms with Gasteiger partial charge in [-0.15, -0.1) is 0 Å². The number of hydrogen-bond donors (Lipinski definition) is 0. The molecule has 4 aliphatic rings. The minimum atomic E-state index is -0.419. The Kier molecular flexibility index (Phi) is 3.27. The van der Waals surface area contributed by atoms with Crippen molar-refractivity contribution >= 4 is 11.9 Å². The second-order valence-corrected chi connectivity index (χ2v) is 9.33. The highest BCUT2D eigenvalue weighted by Gasteiger charge is 2.62. The monoisotopic (exact) mass is 332 g/mol. The summed E-state index contributed by atoms with van der Waals surface area (Å²) in [4.78, 5) is 25.2. The number of esters is 2.